The third kappa shape index (κ3) is 3.79. The molecule has 0 saturated carbocycles. The van der Waals surface area contributed by atoms with E-state index in [1.165, 1.54) is 5.56 Å². The van der Waals surface area contributed by atoms with E-state index in [0.29, 0.717) is 11.7 Å². The number of thiocarbonyl (C=S) groups is 1. The van der Waals surface area contributed by atoms with Crippen molar-refractivity contribution in [3.63, 3.8) is 0 Å². The van der Waals surface area contributed by atoms with Crippen molar-refractivity contribution in [3.8, 4) is 0 Å². The molecule has 1 aromatic heterocycles. The van der Waals surface area contributed by atoms with Gasteiger partial charge in [0.15, 0.2) is 5.11 Å². The first kappa shape index (κ1) is 13.5. The van der Waals surface area contributed by atoms with Gasteiger partial charge in [-0.2, -0.15) is 5.10 Å². The molecule has 0 bridgehead atoms. The summed E-state index contributed by atoms with van der Waals surface area (Å²) in [4.78, 5) is 0. The van der Waals surface area contributed by atoms with Gasteiger partial charge in [-0.1, -0.05) is 30.3 Å². The maximum Gasteiger partial charge on any atom is 0.167 e. The molecule has 0 amide bonds. The summed E-state index contributed by atoms with van der Waals surface area (Å²) >= 11 is 5.29. The molecule has 2 aromatic rings. The first-order chi connectivity index (χ1) is 9.16. The first-order valence-electron chi connectivity index (χ1n) is 6.23. The van der Waals surface area contributed by atoms with Crippen molar-refractivity contribution in [2.24, 2.45) is 7.05 Å². The van der Waals surface area contributed by atoms with E-state index in [0.717, 1.165) is 5.69 Å². The Balaban J connectivity index is 1.83. The third-order valence-corrected chi connectivity index (χ3v) is 3.26. The van der Waals surface area contributed by atoms with Crippen LogP contribution in [0.25, 0.3) is 0 Å². The first-order valence-corrected chi connectivity index (χ1v) is 6.64. The van der Waals surface area contributed by atoms with Crippen LogP contribution in [0.2, 0.25) is 0 Å². The fraction of sp³-hybridized carbons (Fsp3) is 0.286. The highest BCUT2D eigenvalue weighted by molar-refractivity contribution is 7.80. The van der Waals surface area contributed by atoms with E-state index < -0.39 is 0 Å². The minimum absolute atomic E-state index is 0.188. The summed E-state index contributed by atoms with van der Waals surface area (Å²) in [5.74, 6) is 0. The molecule has 0 aliphatic heterocycles. The predicted molar refractivity (Wildman–Crippen MR) is 80.6 cm³/mol. The third-order valence-electron chi connectivity index (χ3n) is 3.00. The van der Waals surface area contributed by atoms with E-state index in [4.69, 9.17) is 12.2 Å². The number of nitrogens with one attached hydrogen (secondary N) is 2. The predicted octanol–water partition coefficient (Wildman–Crippen LogP) is 2.15. The van der Waals surface area contributed by atoms with E-state index in [2.05, 4.69) is 34.8 Å². The lowest BCUT2D eigenvalue weighted by Gasteiger charge is -2.17. The fourth-order valence-corrected chi connectivity index (χ4v) is 2.07. The molecule has 0 fully saturated rings. The van der Waals surface area contributed by atoms with Gasteiger partial charge in [0.1, 0.15) is 0 Å². The van der Waals surface area contributed by atoms with Crippen LogP contribution in [0.3, 0.4) is 0 Å². The second-order valence-corrected chi connectivity index (χ2v) is 4.81. The molecule has 1 aromatic carbocycles. The van der Waals surface area contributed by atoms with Gasteiger partial charge in [0, 0.05) is 13.2 Å². The van der Waals surface area contributed by atoms with E-state index >= 15 is 0 Å². The second-order valence-electron chi connectivity index (χ2n) is 4.41. The zero-order valence-corrected chi connectivity index (χ0v) is 11.9. The molecular weight excluding hydrogens is 256 g/mol. The number of aromatic nitrogens is 2. The summed E-state index contributed by atoms with van der Waals surface area (Å²) in [6, 6.07) is 12.4. The average molecular weight is 274 g/mol. The van der Waals surface area contributed by atoms with Crippen LogP contribution < -0.4 is 10.6 Å². The minimum atomic E-state index is 0.188. The molecule has 0 aliphatic rings. The standard InChI is InChI=1S/C14H18N4S/c1-11(12-6-4-3-5-7-12)17-14(19)15-10-13-8-9-16-18(13)2/h3-9,11H,10H2,1-2H3,(H2,15,17,19)/t11-/m1/s1. The molecule has 4 nitrogen and oxygen atoms in total. The van der Waals surface area contributed by atoms with Crippen molar-refractivity contribution in [1.82, 2.24) is 20.4 Å². The fourth-order valence-electron chi connectivity index (χ4n) is 1.82. The molecule has 1 atom stereocenters. The molecule has 1 heterocycles. The lowest BCUT2D eigenvalue weighted by Crippen LogP contribution is -2.36. The SMILES string of the molecule is C[C@@H](NC(=S)NCc1ccnn1C)c1ccccc1. The van der Waals surface area contributed by atoms with Crippen LogP contribution in [0.5, 0.6) is 0 Å². The van der Waals surface area contributed by atoms with Gasteiger partial charge in [-0.25, -0.2) is 0 Å². The lowest BCUT2D eigenvalue weighted by molar-refractivity contribution is 0.668. The smallest absolute Gasteiger partial charge is 0.167 e. The molecule has 0 unspecified atom stereocenters. The molecule has 2 N–H and O–H groups in total. The Hall–Kier alpha value is -1.88. The molecule has 0 radical (unpaired) electrons. The van der Waals surface area contributed by atoms with Gasteiger partial charge in [0.2, 0.25) is 0 Å². The zero-order valence-electron chi connectivity index (χ0n) is 11.1. The Kier molecular flexibility index (Phi) is 4.52. The molecule has 0 spiro atoms. The van der Waals surface area contributed by atoms with Crippen molar-refractivity contribution in [1.29, 1.82) is 0 Å². The number of hydrogen-bond acceptors (Lipinski definition) is 2. The van der Waals surface area contributed by atoms with Crippen LogP contribution >= 0.6 is 12.2 Å². The van der Waals surface area contributed by atoms with Crippen LogP contribution in [0.1, 0.15) is 24.2 Å². The quantitative estimate of drug-likeness (QED) is 0.838. The number of benzene rings is 1. The number of rotatable bonds is 4. The largest absolute Gasteiger partial charge is 0.357 e. The van der Waals surface area contributed by atoms with Gasteiger partial charge >= 0.3 is 0 Å². The summed E-state index contributed by atoms with van der Waals surface area (Å²) in [7, 11) is 1.92. The minimum Gasteiger partial charge on any atom is -0.357 e. The summed E-state index contributed by atoms with van der Waals surface area (Å²) in [6.45, 7) is 2.76. The normalized spacial score (nSPS) is 11.9. The Bertz CT molecular complexity index is 535. The highest BCUT2D eigenvalue weighted by Crippen LogP contribution is 2.10. The second kappa shape index (κ2) is 6.33. The van der Waals surface area contributed by atoms with Gasteiger partial charge in [0.05, 0.1) is 18.3 Å². The van der Waals surface area contributed by atoms with Gasteiger partial charge < -0.3 is 10.6 Å². The van der Waals surface area contributed by atoms with Gasteiger partial charge in [-0.05, 0) is 30.8 Å². The van der Waals surface area contributed by atoms with Crippen LogP contribution in [0.4, 0.5) is 0 Å². The summed E-state index contributed by atoms with van der Waals surface area (Å²) in [5, 5.41) is 11.2. The lowest BCUT2D eigenvalue weighted by atomic mass is 10.1. The van der Waals surface area contributed by atoms with Crippen molar-refractivity contribution in [2.45, 2.75) is 19.5 Å². The van der Waals surface area contributed by atoms with E-state index in [-0.39, 0.29) is 6.04 Å². The maximum atomic E-state index is 5.29. The Morgan fingerprint density at radius 1 is 1.32 bits per heavy atom. The Labute approximate surface area is 118 Å². The summed E-state index contributed by atoms with van der Waals surface area (Å²) < 4.78 is 1.83. The van der Waals surface area contributed by atoms with Crippen molar-refractivity contribution in [3.05, 3.63) is 53.9 Å². The zero-order chi connectivity index (χ0) is 13.7. The van der Waals surface area contributed by atoms with Crippen molar-refractivity contribution < 1.29 is 0 Å². The molecule has 19 heavy (non-hydrogen) atoms. The highest BCUT2D eigenvalue weighted by Gasteiger charge is 2.06. The van der Waals surface area contributed by atoms with Gasteiger partial charge in [-0.15, -0.1) is 0 Å². The number of nitrogens with zero attached hydrogens (tertiary/aromatic N) is 2. The molecule has 0 saturated heterocycles. The topological polar surface area (TPSA) is 41.9 Å². The van der Waals surface area contributed by atoms with E-state index in [1.54, 1.807) is 6.20 Å². The summed E-state index contributed by atoms with van der Waals surface area (Å²) in [6.07, 6.45) is 1.78. The van der Waals surface area contributed by atoms with Crippen LogP contribution in [-0.2, 0) is 13.6 Å². The maximum absolute atomic E-state index is 5.29. The molecular formula is C14H18N4S. The summed E-state index contributed by atoms with van der Waals surface area (Å²) in [5.41, 5.74) is 2.31. The Morgan fingerprint density at radius 3 is 2.68 bits per heavy atom. The van der Waals surface area contributed by atoms with Crippen LogP contribution in [0, 0.1) is 0 Å². The molecule has 0 aliphatic carbocycles. The van der Waals surface area contributed by atoms with E-state index in [9.17, 15) is 0 Å². The molecule has 5 heteroatoms. The number of hydrogen-bond donors (Lipinski definition) is 2. The molecule has 100 valence electrons. The van der Waals surface area contributed by atoms with Crippen LogP contribution in [-0.4, -0.2) is 14.9 Å². The van der Waals surface area contributed by atoms with Gasteiger partial charge in [-0.3, -0.25) is 4.68 Å². The number of aryl methyl sites for hydroxylation is 1. The van der Waals surface area contributed by atoms with Gasteiger partial charge in [0.25, 0.3) is 0 Å². The van der Waals surface area contributed by atoms with Crippen molar-refractivity contribution in [2.75, 3.05) is 0 Å². The van der Waals surface area contributed by atoms with Crippen molar-refractivity contribution >= 4 is 17.3 Å². The highest BCUT2D eigenvalue weighted by atomic mass is 32.1. The average Bonchev–Trinajstić information content (AvgIpc) is 2.83. The Morgan fingerprint density at radius 2 is 2.05 bits per heavy atom. The van der Waals surface area contributed by atoms with E-state index in [1.807, 2.05) is 36.0 Å². The monoisotopic (exact) mass is 274 g/mol. The van der Waals surface area contributed by atoms with Crippen LogP contribution in [0.15, 0.2) is 42.6 Å². The molecule has 2 rings (SSSR count).